The van der Waals surface area contributed by atoms with Crippen molar-refractivity contribution in [3.05, 3.63) is 57.5 Å². The molecule has 1 amide bonds. The van der Waals surface area contributed by atoms with Gasteiger partial charge >= 0.3 is 0 Å². The number of thiazole rings is 1. The summed E-state index contributed by atoms with van der Waals surface area (Å²) in [7, 11) is 0. The second-order valence-electron chi connectivity index (χ2n) is 6.08. The summed E-state index contributed by atoms with van der Waals surface area (Å²) in [6.07, 6.45) is 4.00. The highest BCUT2D eigenvalue weighted by molar-refractivity contribution is 7.15. The van der Waals surface area contributed by atoms with E-state index < -0.39 is 0 Å². The molecule has 0 bridgehead atoms. The van der Waals surface area contributed by atoms with E-state index in [1.807, 2.05) is 37.4 Å². The van der Waals surface area contributed by atoms with Crippen molar-refractivity contribution in [1.82, 2.24) is 9.38 Å². The van der Waals surface area contributed by atoms with Gasteiger partial charge in [-0.15, -0.1) is 11.3 Å². The SMILES string of the molecule is CCCCC(=O)Nc1ccc(C)cc1OCc1cc(=O)n2ccsc2n1. The zero-order valence-electron chi connectivity index (χ0n) is 14.8. The summed E-state index contributed by atoms with van der Waals surface area (Å²) in [6.45, 7) is 4.16. The van der Waals surface area contributed by atoms with Crippen LogP contribution in [0.1, 0.15) is 37.4 Å². The van der Waals surface area contributed by atoms with Gasteiger partial charge in [0, 0.05) is 24.1 Å². The number of ether oxygens (including phenoxy) is 1. The van der Waals surface area contributed by atoms with Crippen LogP contribution in [0, 0.1) is 6.92 Å². The first-order chi connectivity index (χ1) is 12.6. The lowest BCUT2D eigenvalue weighted by atomic mass is 10.2. The molecule has 0 fully saturated rings. The summed E-state index contributed by atoms with van der Waals surface area (Å²) >= 11 is 1.40. The van der Waals surface area contributed by atoms with Gasteiger partial charge in [0.25, 0.3) is 5.56 Å². The molecule has 0 aliphatic carbocycles. The summed E-state index contributed by atoms with van der Waals surface area (Å²) in [5.41, 5.74) is 2.08. The van der Waals surface area contributed by atoms with Gasteiger partial charge in [-0.3, -0.25) is 14.0 Å². The Balaban J connectivity index is 1.76. The highest BCUT2D eigenvalue weighted by Crippen LogP contribution is 2.27. The molecule has 0 unspecified atom stereocenters. The first-order valence-electron chi connectivity index (χ1n) is 8.56. The van der Waals surface area contributed by atoms with Crippen molar-refractivity contribution in [2.75, 3.05) is 5.32 Å². The smallest absolute Gasteiger partial charge is 0.258 e. The first-order valence-corrected chi connectivity index (χ1v) is 9.44. The van der Waals surface area contributed by atoms with Gasteiger partial charge in [0.2, 0.25) is 5.91 Å². The second kappa shape index (κ2) is 8.14. The molecule has 7 heteroatoms. The summed E-state index contributed by atoms with van der Waals surface area (Å²) in [5, 5.41) is 4.72. The predicted molar refractivity (Wildman–Crippen MR) is 103 cm³/mol. The third-order valence-corrected chi connectivity index (χ3v) is 4.66. The molecule has 1 aromatic carbocycles. The van der Waals surface area contributed by atoms with Crippen LogP contribution >= 0.6 is 11.3 Å². The molecule has 0 atom stereocenters. The fourth-order valence-corrected chi connectivity index (χ4v) is 3.25. The summed E-state index contributed by atoms with van der Waals surface area (Å²) in [5.74, 6) is 0.542. The number of hydrogen-bond donors (Lipinski definition) is 1. The van der Waals surface area contributed by atoms with Crippen LogP contribution in [0.25, 0.3) is 4.96 Å². The predicted octanol–water partition coefficient (Wildman–Crippen LogP) is 3.77. The number of hydrogen-bond acceptors (Lipinski definition) is 5. The molecule has 3 aromatic rings. The minimum Gasteiger partial charge on any atom is -0.485 e. The highest BCUT2D eigenvalue weighted by Gasteiger charge is 2.10. The fourth-order valence-electron chi connectivity index (χ4n) is 2.52. The molecule has 1 N–H and O–H groups in total. The van der Waals surface area contributed by atoms with Gasteiger partial charge in [0.15, 0.2) is 4.96 Å². The van der Waals surface area contributed by atoms with Crippen LogP contribution in [0.4, 0.5) is 5.69 Å². The lowest BCUT2D eigenvalue weighted by Gasteiger charge is -2.13. The van der Waals surface area contributed by atoms with Crippen LogP contribution in [-0.2, 0) is 11.4 Å². The third kappa shape index (κ3) is 4.29. The lowest BCUT2D eigenvalue weighted by molar-refractivity contribution is -0.116. The molecule has 0 saturated heterocycles. The van der Waals surface area contributed by atoms with Crippen LogP contribution in [0.2, 0.25) is 0 Å². The average Bonchev–Trinajstić information content (AvgIpc) is 3.09. The highest BCUT2D eigenvalue weighted by atomic mass is 32.1. The Morgan fingerprint density at radius 1 is 1.35 bits per heavy atom. The number of aryl methyl sites for hydroxylation is 1. The topological polar surface area (TPSA) is 72.7 Å². The Kier molecular flexibility index (Phi) is 5.68. The molecule has 2 heterocycles. The number of carbonyl (C=O) groups is 1. The van der Waals surface area contributed by atoms with Gasteiger partial charge in [-0.05, 0) is 31.0 Å². The van der Waals surface area contributed by atoms with E-state index in [0.29, 0.717) is 28.5 Å². The number of benzene rings is 1. The molecule has 0 aliphatic heterocycles. The van der Waals surface area contributed by atoms with Crippen molar-refractivity contribution >= 4 is 27.9 Å². The number of rotatable bonds is 7. The molecule has 0 aliphatic rings. The van der Waals surface area contributed by atoms with Gasteiger partial charge in [-0.1, -0.05) is 19.4 Å². The van der Waals surface area contributed by atoms with Crippen molar-refractivity contribution in [2.24, 2.45) is 0 Å². The first kappa shape index (κ1) is 18.1. The Morgan fingerprint density at radius 2 is 2.19 bits per heavy atom. The number of aromatic nitrogens is 2. The molecule has 3 rings (SSSR count). The van der Waals surface area contributed by atoms with Crippen LogP contribution < -0.4 is 15.6 Å². The molecule has 6 nitrogen and oxygen atoms in total. The average molecular weight is 371 g/mol. The van der Waals surface area contributed by atoms with Crippen LogP contribution in [0.15, 0.2) is 40.6 Å². The van der Waals surface area contributed by atoms with E-state index >= 15 is 0 Å². The molecule has 2 aromatic heterocycles. The van der Waals surface area contributed by atoms with Gasteiger partial charge in [-0.2, -0.15) is 0 Å². The van der Waals surface area contributed by atoms with Gasteiger partial charge in [-0.25, -0.2) is 4.98 Å². The standard InChI is InChI=1S/C19H21N3O3S/c1-3-4-5-17(23)21-15-7-6-13(2)10-16(15)25-12-14-11-18(24)22-8-9-26-19(22)20-14/h6-11H,3-5,12H2,1-2H3,(H,21,23). The Morgan fingerprint density at radius 3 is 3.00 bits per heavy atom. The number of amides is 1. The molecule has 0 spiro atoms. The van der Waals surface area contributed by atoms with Crippen molar-refractivity contribution < 1.29 is 9.53 Å². The summed E-state index contributed by atoms with van der Waals surface area (Å²) in [4.78, 5) is 29.1. The lowest BCUT2D eigenvalue weighted by Crippen LogP contribution is -2.15. The fraction of sp³-hybridized carbons (Fsp3) is 0.316. The maximum atomic E-state index is 12.1. The summed E-state index contributed by atoms with van der Waals surface area (Å²) in [6, 6.07) is 7.09. The Bertz CT molecular complexity index is 978. The largest absolute Gasteiger partial charge is 0.485 e. The number of carbonyl (C=O) groups excluding carboxylic acids is 1. The quantitative estimate of drug-likeness (QED) is 0.686. The van der Waals surface area contributed by atoms with Gasteiger partial charge in [0.05, 0.1) is 11.4 Å². The molecule has 0 saturated carbocycles. The van der Waals surface area contributed by atoms with Crippen molar-refractivity contribution in [3.8, 4) is 5.75 Å². The van der Waals surface area contributed by atoms with Crippen LogP contribution in [-0.4, -0.2) is 15.3 Å². The number of nitrogens with one attached hydrogen (secondary N) is 1. The number of anilines is 1. The molecular formula is C19H21N3O3S. The minimum absolute atomic E-state index is 0.0306. The summed E-state index contributed by atoms with van der Waals surface area (Å²) < 4.78 is 7.37. The van der Waals surface area contributed by atoms with Crippen molar-refractivity contribution in [2.45, 2.75) is 39.7 Å². The maximum absolute atomic E-state index is 12.1. The molecule has 0 radical (unpaired) electrons. The Hall–Kier alpha value is -2.67. The van der Waals surface area contributed by atoms with E-state index in [-0.39, 0.29) is 18.1 Å². The van der Waals surface area contributed by atoms with Crippen molar-refractivity contribution in [3.63, 3.8) is 0 Å². The van der Waals surface area contributed by atoms with E-state index in [9.17, 15) is 9.59 Å². The maximum Gasteiger partial charge on any atom is 0.258 e. The zero-order chi connectivity index (χ0) is 18.5. The second-order valence-corrected chi connectivity index (χ2v) is 6.95. The monoisotopic (exact) mass is 371 g/mol. The zero-order valence-corrected chi connectivity index (χ0v) is 15.6. The number of fused-ring (bicyclic) bond motifs is 1. The van der Waals surface area contributed by atoms with E-state index in [1.54, 1.807) is 6.20 Å². The Labute approximate surface area is 155 Å². The van der Waals surface area contributed by atoms with E-state index in [2.05, 4.69) is 10.3 Å². The molecule has 26 heavy (non-hydrogen) atoms. The van der Waals surface area contributed by atoms with E-state index in [1.165, 1.54) is 21.8 Å². The number of unbranched alkanes of at least 4 members (excludes halogenated alkanes) is 1. The van der Waals surface area contributed by atoms with Crippen LogP contribution in [0.3, 0.4) is 0 Å². The van der Waals surface area contributed by atoms with E-state index in [4.69, 9.17) is 4.74 Å². The van der Waals surface area contributed by atoms with E-state index in [0.717, 1.165) is 18.4 Å². The normalized spacial score (nSPS) is 10.8. The van der Waals surface area contributed by atoms with Gasteiger partial charge in [0.1, 0.15) is 12.4 Å². The molecule has 136 valence electrons. The third-order valence-electron chi connectivity index (χ3n) is 3.90. The molecular weight excluding hydrogens is 350 g/mol. The van der Waals surface area contributed by atoms with Gasteiger partial charge < -0.3 is 10.1 Å². The minimum atomic E-state index is -0.132. The number of nitrogens with zero attached hydrogens (tertiary/aromatic N) is 2. The van der Waals surface area contributed by atoms with Crippen LogP contribution in [0.5, 0.6) is 5.75 Å². The van der Waals surface area contributed by atoms with Crippen molar-refractivity contribution in [1.29, 1.82) is 0 Å².